The fourth-order valence-corrected chi connectivity index (χ4v) is 4.42. The number of nitrogens with one attached hydrogen (secondary N) is 1. The van der Waals surface area contributed by atoms with E-state index in [1.807, 2.05) is 0 Å². The highest BCUT2D eigenvalue weighted by Gasteiger charge is 2.30. The van der Waals surface area contributed by atoms with Crippen molar-refractivity contribution in [2.24, 2.45) is 0 Å². The molecule has 6 nitrogen and oxygen atoms in total. The molecule has 0 saturated carbocycles. The molecule has 2 rings (SSSR count). The van der Waals surface area contributed by atoms with E-state index in [0.29, 0.717) is 0 Å². The van der Waals surface area contributed by atoms with E-state index < -0.39 is 10.0 Å². The van der Waals surface area contributed by atoms with Gasteiger partial charge in [0.05, 0.1) is 0 Å². The van der Waals surface area contributed by atoms with Crippen LogP contribution in [0, 0.1) is 0 Å². The van der Waals surface area contributed by atoms with E-state index in [4.69, 9.17) is 0 Å². The van der Waals surface area contributed by atoms with Crippen LogP contribution in [0.2, 0.25) is 0 Å². The zero-order valence-electron chi connectivity index (χ0n) is 12.2. The number of halogens is 1. The fourth-order valence-electron chi connectivity index (χ4n) is 2.15. The molecule has 0 aliphatic carbocycles. The zero-order valence-corrected chi connectivity index (χ0v) is 14.6. The largest absolute Gasteiger partial charge is 0.337 e. The number of carbonyl (C=O) groups is 1. The van der Waals surface area contributed by atoms with Gasteiger partial charge in [0.25, 0.3) is 5.91 Å². The van der Waals surface area contributed by atoms with Gasteiger partial charge < -0.3 is 10.2 Å². The second-order valence-electron chi connectivity index (χ2n) is 4.96. The van der Waals surface area contributed by atoms with Crippen molar-refractivity contribution in [2.45, 2.75) is 17.4 Å². The Balaban J connectivity index is 0.00000220. The van der Waals surface area contributed by atoms with Gasteiger partial charge in [-0.1, -0.05) is 0 Å². The first-order valence-corrected chi connectivity index (χ1v) is 8.65. The van der Waals surface area contributed by atoms with Crippen LogP contribution in [0.1, 0.15) is 16.1 Å². The third-order valence-electron chi connectivity index (χ3n) is 3.48. The summed E-state index contributed by atoms with van der Waals surface area (Å²) in [7, 11) is 1.07. The summed E-state index contributed by atoms with van der Waals surface area (Å²) in [6.45, 7) is 1.64. The Morgan fingerprint density at radius 2 is 2.05 bits per heavy atom. The number of hydrogen-bond acceptors (Lipinski definition) is 5. The molecule has 0 spiro atoms. The van der Waals surface area contributed by atoms with Crippen LogP contribution < -0.4 is 5.32 Å². The molecular weight excluding hydrogens is 334 g/mol. The van der Waals surface area contributed by atoms with Crippen molar-refractivity contribution in [2.75, 3.05) is 34.2 Å². The maximum absolute atomic E-state index is 12.5. The lowest BCUT2D eigenvalue weighted by Gasteiger charge is -2.24. The van der Waals surface area contributed by atoms with E-state index in [9.17, 15) is 13.2 Å². The maximum atomic E-state index is 12.5. The average molecular weight is 354 g/mol. The standard InChI is InChI=1S/C12H19N3O3S2.ClH/c1-14(2)20(17,18)10-5-7-19-11(10)12(16)15(3)9-4-6-13-8-9;/h5,7,9,13H,4,6,8H2,1-3H3;1H. The van der Waals surface area contributed by atoms with Gasteiger partial charge >= 0.3 is 0 Å². The molecule has 0 bridgehead atoms. The first-order chi connectivity index (χ1) is 9.35. The number of rotatable bonds is 4. The monoisotopic (exact) mass is 353 g/mol. The Labute approximate surface area is 135 Å². The van der Waals surface area contributed by atoms with Gasteiger partial charge in [0, 0.05) is 33.7 Å². The highest BCUT2D eigenvalue weighted by Crippen LogP contribution is 2.26. The molecule has 21 heavy (non-hydrogen) atoms. The molecule has 1 unspecified atom stereocenters. The van der Waals surface area contributed by atoms with E-state index in [2.05, 4.69) is 5.32 Å². The minimum absolute atomic E-state index is 0. The van der Waals surface area contributed by atoms with E-state index in [1.54, 1.807) is 17.3 Å². The SMILES string of the molecule is CN(C(=O)c1sccc1S(=O)(=O)N(C)C)C1CCNC1.Cl. The third kappa shape index (κ3) is 3.57. The molecule has 9 heteroatoms. The molecule has 1 fully saturated rings. The lowest BCUT2D eigenvalue weighted by Crippen LogP contribution is -2.38. The Hall–Kier alpha value is -0.670. The molecule has 1 N–H and O–H groups in total. The van der Waals surface area contributed by atoms with Gasteiger partial charge in [0.2, 0.25) is 10.0 Å². The van der Waals surface area contributed by atoms with Crippen molar-refractivity contribution < 1.29 is 13.2 Å². The van der Waals surface area contributed by atoms with Crippen LogP contribution in [0.4, 0.5) is 0 Å². The minimum atomic E-state index is -3.59. The molecule has 1 saturated heterocycles. The summed E-state index contributed by atoms with van der Waals surface area (Å²) in [5.74, 6) is -0.228. The summed E-state index contributed by atoms with van der Waals surface area (Å²) in [5, 5.41) is 4.84. The molecular formula is C12H20ClN3O3S2. The normalized spacial score (nSPS) is 18.6. The van der Waals surface area contributed by atoms with Crippen molar-refractivity contribution in [3.8, 4) is 0 Å². The van der Waals surface area contributed by atoms with Gasteiger partial charge in [-0.05, 0) is 24.4 Å². The Morgan fingerprint density at radius 3 is 2.57 bits per heavy atom. The summed E-state index contributed by atoms with van der Waals surface area (Å²) >= 11 is 1.17. The minimum Gasteiger partial charge on any atom is -0.337 e. The molecule has 1 aromatic rings. The van der Waals surface area contributed by atoms with Gasteiger partial charge in [-0.3, -0.25) is 4.79 Å². The van der Waals surface area contributed by atoms with Crippen LogP contribution in [0.3, 0.4) is 0 Å². The number of likely N-dealkylation sites (N-methyl/N-ethyl adjacent to an activating group) is 1. The topological polar surface area (TPSA) is 69.7 Å². The molecule has 1 aliphatic heterocycles. The summed E-state index contributed by atoms with van der Waals surface area (Å²) < 4.78 is 25.6. The van der Waals surface area contributed by atoms with Gasteiger partial charge in [-0.25, -0.2) is 12.7 Å². The molecule has 1 aromatic heterocycles. The highest BCUT2D eigenvalue weighted by molar-refractivity contribution is 7.89. The van der Waals surface area contributed by atoms with Gasteiger partial charge in [-0.15, -0.1) is 23.7 Å². The van der Waals surface area contributed by atoms with Gasteiger partial charge in [-0.2, -0.15) is 0 Å². The maximum Gasteiger partial charge on any atom is 0.265 e. The summed E-state index contributed by atoms with van der Waals surface area (Å²) in [6.07, 6.45) is 0.892. The molecule has 1 aliphatic rings. The van der Waals surface area contributed by atoms with Gasteiger partial charge in [0.1, 0.15) is 9.77 Å². The molecule has 0 radical (unpaired) electrons. The summed E-state index contributed by atoms with van der Waals surface area (Å²) in [6, 6.07) is 1.62. The van der Waals surface area contributed by atoms with Crippen LogP contribution >= 0.6 is 23.7 Å². The van der Waals surface area contributed by atoms with Crippen molar-refractivity contribution in [3.05, 3.63) is 16.3 Å². The Morgan fingerprint density at radius 1 is 1.38 bits per heavy atom. The molecule has 1 amide bonds. The highest BCUT2D eigenvalue weighted by atomic mass is 35.5. The number of nitrogens with zero attached hydrogens (tertiary/aromatic N) is 2. The fraction of sp³-hybridized carbons (Fsp3) is 0.583. The van der Waals surface area contributed by atoms with E-state index >= 15 is 0 Å². The van der Waals surface area contributed by atoms with Crippen molar-refractivity contribution >= 4 is 39.7 Å². The van der Waals surface area contributed by atoms with Crippen LogP contribution in [-0.2, 0) is 10.0 Å². The third-order valence-corrected chi connectivity index (χ3v) is 6.37. The van der Waals surface area contributed by atoms with Crippen molar-refractivity contribution in [1.82, 2.24) is 14.5 Å². The van der Waals surface area contributed by atoms with Gasteiger partial charge in [0.15, 0.2) is 0 Å². The Kier molecular flexibility index (Phi) is 6.18. The van der Waals surface area contributed by atoms with Crippen molar-refractivity contribution in [1.29, 1.82) is 0 Å². The number of carbonyl (C=O) groups excluding carboxylic acids is 1. The first kappa shape index (κ1) is 18.4. The summed E-state index contributed by atoms with van der Waals surface area (Å²) in [5.41, 5.74) is 0. The molecule has 1 atom stereocenters. The number of sulfonamides is 1. The van der Waals surface area contributed by atoms with E-state index in [-0.39, 0.29) is 34.1 Å². The number of hydrogen-bond donors (Lipinski definition) is 1. The zero-order chi connectivity index (χ0) is 14.9. The predicted octanol–water partition coefficient (Wildman–Crippen LogP) is 0.854. The number of amides is 1. The number of thiophene rings is 1. The second kappa shape index (κ2) is 7.06. The average Bonchev–Trinajstić information content (AvgIpc) is 3.07. The smallest absolute Gasteiger partial charge is 0.265 e. The second-order valence-corrected chi connectivity index (χ2v) is 8.00. The van der Waals surface area contributed by atoms with Crippen LogP contribution in [0.5, 0.6) is 0 Å². The van der Waals surface area contributed by atoms with Crippen LogP contribution in [0.15, 0.2) is 16.3 Å². The quantitative estimate of drug-likeness (QED) is 0.871. The van der Waals surface area contributed by atoms with Crippen LogP contribution in [-0.4, -0.2) is 63.8 Å². The predicted molar refractivity (Wildman–Crippen MR) is 85.8 cm³/mol. The van der Waals surface area contributed by atoms with Crippen molar-refractivity contribution in [3.63, 3.8) is 0 Å². The van der Waals surface area contributed by atoms with E-state index in [1.165, 1.54) is 31.5 Å². The molecule has 0 aromatic carbocycles. The summed E-state index contributed by atoms with van der Waals surface area (Å²) in [4.78, 5) is 14.5. The van der Waals surface area contributed by atoms with E-state index in [0.717, 1.165) is 23.8 Å². The first-order valence-electron chi connectivity index (χ1n) is 6.33. The van der Waals surface area contributed by atoms with Crippen LogP contribution in [0.25, 0.3) is 0 Å². The molecule has 120 valence electrons. The Bertz CT molecular complexity index is 595. The molecule has 2 heterocycles. The lowest BCUT2D eigenvalue weighted by atomic mass is 10.2. The lowest BCUT2D eigenvalue weighted by molar-refractivity contribution is 0.0745.